The third kappa shape index (κ3) is 1.91. The number of nitro groups is 1. The summed E-state index contributed by atoms with van der Waals surface area (Å²) in [4.78, 5) is 13.9. The van der Waals surface area contributed by atoms with Crippen LogP contribution in [0.4, 0.5) is 11.6 Å². The highest BCUT2D eigenvalue weighted by atomic mass is 16.6. The predicted molar refractivity (Wildman–Crippen MR) is 57.7 cm³/mol. The molecule has 1 heterocycles. The Labute approximate surface area is 95.3 Å². The van der Waals surface area contributed by atoms with Crippen molar-refractivity contribution in [1.82, 2.24) is 4.98 Å². The van der Waals surface area contributed by atoms with E-state index in [0.717, 1.165) is 0 Å². The fourth-order valence-corrected chi connectivity index (χ4v) is 1.29. The van der Waals surface area contributed by atoms with Crippen molar-refractivity contribution in [1.29, 1.82) is 5.26 Å². The molecule has 0 aliphatic carbocycles. The summed E-state index contributed by atoms with van der Waals surface area (Å²) < 4.78 is 5.05. The smallest absolute Gasteiger partial charge is 0.270 e. The number of non-ortho nitro benzene ring substituents is 1. The summed E-state index contributed by atoms with van der Waals surface area (Å²) in [6.07, 6.45) is 0. The predicted octanol–water partition coefficient (Wildman–Crippen LogP) is 1.70. The second kappa shape index (κ2) is 3.94. The van der Waals surface area contributed by atoms with Gasteiger partial charge in [0.15, 0.2) is 0 Å². The molecule has 0 bridgehead atoms. The zero-order valence-corrected chi connectivity index (χ0v) is 8.45. The van der Waals surface area contributed by atoms with Gasteiger partial charge in [-0.2, -0.15) is 10.2 Å². The van der Waals surface area contributed by atoms with Gasteiger partial charge in [-0.25, -0.2) is 0 Å². The molecule has 1 aromatic heterocycles. The monoisotopic (exact) mass is 230 g/mol. The van der Waals surface area contributed by atoms with E-state index >= 15 is 0 Å². The largest absolute Gasteiger partial charge is 0.419 e. The zero-order chi connectivity index (χ0) is 12.4. The Morgan fingerprint density at radius 2 is 2.29 bits per heavy atom. The number of nitrogens with zero attached hydrogens (tertiary/aromatic N) is 3. The summed E-state index contributed by atoms with van der Waals surface area (Å²) in [7, 11) is 0. The first-order valence-electron chi connectivity index (χ1n) is 4.53. The van der Waals surface area contributed by atoms with E-state index in [4.69, 9.17) is 15.4 Å². The standard InChI is InChI=1S/C10H6N4O3/c11-5-8-9(12)17-10(13-8)6-2-1-3-7(4-6)14(15)16/h1-4H,12H2. The van der Waals surface area contributed by atoms with Crippen LogP contribution in [0.2, 0.25) is 0 Å². The van der Waals surface area contributed by atoms with Crippen molar-refractivity contribution < 1.29 is 9.34 Å². The topological polar surface area (TPSA) is 119 Å². The van der Waals surface area contributed by atoms with Crippen LogP contribution in [0.25, 0.3) is 11.5 Å². The molecule has 2 aromatic rings. The van der Waals surface area contributed by atoms with Gasteiger partial charge in [-0.1, -0.05) is 6.07 Å². The molecule has 0 saturated heterocycles. The Balaban J connectivity index is 2.50. The van der Waals surface area contributed by atoms with E-state index < -0.39 is 4.92 Å². The molecule has 17 heavy (non-hydrogen) atoms. The van der Waals surface area contributed by atoms with E-state index in [0.29, 0.717) is 5.56 Å². The molecule has 0 atom stereocenters. The first-order chi connectivity index (χ1) is 8.11. The molecule has 2 rings (SSSR count). The maximum Gasteiger partial charge on any atom is 0.270 e. The van der Waals surface area contributed by atoms with Crippen molar-refractivity contribution in [3.05, 3.63) is 40.1 Å². The average Bonchev–Trinajstić information content (AvgIpc) is 2.71. The zero-order valence-electron chi connectivity index (χ0n) is 8.45. The van der Waals surface area contributed by atoms with Crippen LogP contribution in [0.5, 0.6) is 0 Å². The van der Waals surface area contributed by atoms with Crippen LogP contribution in [0, 0.1) is 21.4 Å². The quantitative estimate of drug-likeness (QED) is 0.619. The Bertz CT molecular complexity index is 627. The maximum absolute atomic E-state index is 10.6. The third-order valence-electron chi connectivity index (χ3n) is 2.06. The Morgan fingerprint density at radius 1 is 1.53 bits per heavy atom. The lowest BCUT2D eigenvalue weighted by Gasteiger charge is -1.94. The number of nitriles is 1. The second-order valence-electron chi connectivity index (χ2n) is 3.15. The van der Waals surface area contributed by atoms with Gasteiger partial charge < -0.3 is 10.2 Å². The summed E-state index contributed by atoms with van der Waals surface area (Å²) >= 11 is 0. The van der Waals surface area contributed by atoms with Crippen LogP contribution >= 0.6 is 0 Å². The van der Waals surface area contributed by atoms with Crippen LogP contribution < -0.4 is 5.73 Å². The summed E-state index contributed by atoms with van der Waals surface area (Å²) in [6, 6.07) is 7.49. The summed E-state index contributed by atoms with van der Waals surface area (Å²) in [5.41, 5.74) is 5.68. The van der Waals surface area contributed by atoms with E-state index in [1.807, 2.05) is 0 Å². The average molecular weight is 230 g/mol. The number of aromatic nitrogens is 1. The highest BCUT2D eigenvalue weighted by Gasteiger charge is 2.14. The molecular formula is C10H6N4O3. The normalized spacial score (nSPS) is 9.82. The number of hydrogen-bond acceptors (Lipinski definition) is 6. The number of nitro benzene ring substituents is 1. The minimum absolute atomic E-state index is 0.0356. The number of oxazole rings is 1. The number of rotatable bonds is 2. The van der Waals surface area contributed by atoms with Crippen molar-refractivity contribution in [3.8, 4) is 17.5 Å². The van der Waals surface area contributed by atoms with Gasteiger partial charge in [0.25, 0.3) is 5.69 Å². The van der Waals surface area contributed by atoms with Gasteiger partial charge in [0.1, 0.15) is 6.07 Å². The van der Waals surface area contributed by atoms with E-state index in [2.05, 4.69) is 4.98 Å². The number of hydrogen-bond donors (Lipinski definition) is 1. The number of nitrogens with two attached hydrogens (primary N) is 1. The molecule has 7 nitrogen and oxygen atoms in total. The highest BCUT2D eigenvalue weighted by molar-refractivity contribution is 5.60. The molecule has 0 aliphatic heterocycles. The van der Waals surface area contributed by atoms with Gasteiger partial charge in [0.2, 0.25) is 17.5 Å². The lowest BCUT2D eigenvalue weighted by atomic mass is 10.2. The molecule has 1 aromatic carbocycles. The van der Waals surface area contributed by atoms with Gasteiger partial charge in [-0.05, 0) is 6.07 Å². The first-order valence-corrected chi connectivity index (χ1v) is 4.53. The van der Waals surface area contributed by atoms with Crippen LogP contribution in [0.15, 0.2) is 28.7 Å². The summed E-state index contributed by atoms with van der Waals surface area (Å²) in [5.74, 6) is -0.0169. The fraction of sp³-hybridized carbons (Fsp3) is 0. The third-order valence-corrected chi connectivity index (χ3v) is 2.06. The van der Waals surface area contributed by atoms with E-state index in [1.165, 1.54) is 18.2 Å². The van der Waals surface area contributed by atoms with Gasteiger partial charge in [-0.15, -0.1) is 0 Å². The summed E-state index contributed by atoms with van der Waals surface area (Å²) in [5, 5.41) is 19.3. The fourth-order valence-electron chi connectivity index (χ4n) is 1.29. The number of nitrogen functional groups attached to an aromatic ring is 1. The van der Waals surface area contributed by atoms with Crippen molar-refractivity contribution in [3.63, 3.8) is 0 Å². The van der Waals surface area contributed by atoms with E-state index in [1.54, 1.807) is 12.1 Å². The Hall–Kier alpha value is -2.88. The highest BCUT2D eigenvalue weighted by Crippen LogP contribution is 2.25. The molecule has 0 aliphatic rings. The van der Waals surface area contributed by atoms with Gasteiger partial charge in [-0.3, -0.25) is 10.1 Å². The van der Waals surface area contributed by atoms with Crippen LogP contribution in [-0.2, 0) is 0 Å². The lowest BCUT2D eigenvalue weighted by molar-refractivity contribution is -0.384. The minimum atomic E-state index is -0.527. The van der Waals surface area contributed by atoms with Gasteiger partial charge in [0, 0.05) is 17.7 Å². The number of benzene rings is 1. The lowest BCUT2D eigenvalue weighted by Crippen LogP contribution is -1.88. The molecule has 0 spiro atoms. The van der Waals surface area contributed by atoms with Crippen molar-refractivity contribution in [2.45, 2.75) is 0 Å². The second-order valence-corrected chi connectivity index (χ2v) is 3.15. The van der Waals surface area contributed by atoms with Crippen LogP contribution in [-0.4, -0.2) is 9.91 Å². The molecule has 84 valence electrons. The SMILES string of the molecule is N#Cc1nc(-c2cccc([N+](=O)[O-])c2)oc1N. The van der Waals surface area contributed by atoms with E-state index in [9.17, 15) is 10.1 Å². The van der Waals surface area contributed by atoms with Crippen molar-refractivity contribution >= 4 is 11.6 Å². The van der Waals surface area contributed by atoms with Crippen LogP contribution in [0.1, 0.15) is 5.69 Å². The maximum atomic E-state index is 10.6. The van der Waals surface area contributed by atoms with E-state index in [-0.39, 0.29) is 23.2 Å². The van der Waals surface area contributed by atoms with Crippen LogP contribution in [0.3, 0.4) is 0 Å². The first kappa shape index (κ1) is 10.6. The molecule has 0 unspecified atom stereocenters. The van der Waals surface area contributed by atoms with Gasteiger partial charge in [0.05, 0.1) is 4.92 Å². The summed E-state index contributed by atoms with van der Waals surface area (Å²) in [6.45, 7) is 0. The minimum Gasteiger partial charge on any atom is -0.419 e. The molecule has 0 amide bonds. The Morgan fingerprint density at radius 3 is 2.88 bits per heavy atom. The molecule has 0 fully saturated rings. The Kier molecular flexibility index (Phi) is 2.46. The van der Waals surface area contributed by atoms with Crippen molar-refractivity contribution in [2.75, 3.05) is 5.73 Å². The molecular weight excluding hydrogens is 224 g/mol. The molecule has 7 heteroatoms. The van der Waals surface area contributed by atoms with Crippen molar-refractivity contribution in [2.24, 2.45) is 0 Å². The van der Waals surface area contributed by atoms with Gasteiger partial charge >= 0.3 is 0 Å². The number of anilines is 1. The molecule has 0 radical (unpaired) electrons. The molecule has 0 saturated carbocycles. The molecule has 2 N–H and O–H groups in total.